The maximum Gasteiger partial charge on any atom is 0.490 e. The van der Waals surface area contributed by atoms with Crippen molar-refractivity contribution in [1.29, 1.82) is 5.26 Å². The van der Waals surface area contributed by atoms with E-state index in [1.165, 1.54) is 0 Å². The molecule has 0 aliphatic carbocycles. The van der Waals surface area contributed by atoms with Crippen LogP contribution in [0.15, 0.2) is 53.4 Å². The number of rotatable bonds is 7. The predicted octanol–water partition coefficient (Wildman–Crippen LogP) is 3.01. The van der Waals surface area contributed by atoms with E-state index in [9.17, 15) is 31.6 Å². The van der Waals surface area contributed by atoms with Gasteiger partial charge < -0.3 is 20.6 Å². The molecule has 43 heavy (non-hydrogen) atoms. The van der Waals surface area contributed by atoms with Gasteiger partial charge in [0.2, 0.25) is 15.9 Å². The topological polar surface area (TPSA) is 143 Å². The number of carbonyl (C=O) groups is 2. The minimum atomic E-state index is -5.08. The van der Waals surface area contributed by atoms with Crippen LogP contribution in [0, 0.1) is 11.3 Å². The number of nitriles is 1. The smallest absolute Gasteiger partial charge is 0.475 e. The number of aliphatic carboxylic acids is 1. The molecule has 2 aromatic rings. The van der Waals surface area contributed by atoms with E-state index in [0.717, 1.165) is 62.0 Å². The Morgan fingerprint density at radius 2 is 1.63 bits per heavy atom. The number of hydrogen-bond acceptors (Lipinski definition) is 7. The molecule has 0 aromatic heterocycles. The lowest BCUT2D eigenvalue weighted by molar-refractivity contribution is -0.192. The number of nitrogens with zero attached hydrogens (tertiary/aromatic N) is 3. The van der Waals surface area contributed by atoms with Crippen LogP contribution in [-0.4, -0.2) is 92.6 Å². The zero-order chi connectivity index (χ0) is 31.6. The Hall–Kier alpha value is -3.51. The number of carboxylic acid groups (broad SMARTS) is 1. The van der Waals surface area contributed by atoms with Gasteiger partial charge in [-0.1, -0.05) is 42.8 Å². The van der Waals surface area contributed by atoms with E-state index in [1.807, 2.05) is 43.4 Å². The van der Waals surface area contributed by atoms with Crippen molar-refractivity contribution in [3.8, 4) is 17.2 Å². The normalized spacial score (nSPS) is 19.2. The summed E-state index contributed by atoms with van der Waals surface area (Å²) in [6.45, 7) is 3.51. The molecule has 0 radical (unpaired) electrons. The van der Waals surface area contributed by atoms with Crippen molar-refractivity contribution in [3.05, 3.63) is 54.1 Å². The van der Waals surface area contributed by atoms with Crippen LogP contribution in [0.3, 0.4) is 0 Å². The van der Waals surface area contributed by atoms with Crippen LogP contribution in [0.2, 0.25) is 0 Å². The van der Waals surface area contributed by atoms with Crippen molar-refractivity contribution in [2.75, 3.05) is 39.8 Å². The van der Waals surface area contributed by atoms with E-state index in [-0.39, 0.29) is 11.9 Å². The van der Waals surface area contributed by atoms with Crippen LogP contribution < -0.4 is 10.6 Å². The van der Waals surface area contributed by atoms with Crippen molar-refractivity contribution in [1.82, 2.24) is 19.8 Å². The predicted molar refractivity (Wildman–Crippen MR) is 153 cm³/mol. The number of likely N-dealkylation sites (N-methyl/N-ethyl adjacent to an activating group) is 1. The molecule has 10 nitrogen and oxygen atoms in total. The number of amides is 1. The maximum atomic E-state index is 13.1. The van der Waals surface area contributed by atoms with Crippen molar-refractivity contribution >= 4 is 21.9 Å². The number of carboxylic acids is 1. The Labute approximate surface area is 249 Å². The Balaban J connectivity index is 0.000000646. The molecule has 1 unspecified atom stereocenters. The Bertz CT molecular complexity index is 1370. The molecule has 2 fully saturated rings. The lowest BCUT2D eigenvalue weighted by atomic mass is 10.00. The molecule has 3 N–H and O–H groups in total. The summed E-state index contributed by atoms with van der Waals surface area (Å²) < 4.78 is 59.5. The van der Waals surface area contributed by atoms with Crippen molar-refractivity contribution in [2.45, 2.75) is 55.3 Å². The van der Waals surface area contributed by atoms with Gasteiger partial charge in [-0.3, -0.25) is 4.79 Å². The second-order valence-electron chi connectivity index (χ2n) is 10.5. The minimum absolute atomic E-state index is 0.111. The highest BCUT2D eigenvalue weighted by Crippen LogP contribution is 2.24. The lowest BCUT2D eigenvalue weighted by Gasteiger charge is -2.23. The Morgan fingerprint density at radius 1 is 1.02 bits per heavy atom. The first-order chi connectivity index (χ1) is 20.3. The largest absolute Gasteiger partial charge is 0.490 e. The molecular weight excluding hydrogens is 587 g/mol. The van der Waals surface area contributed by atoms with Crippen LogP contribution in [0.5, 0.6) is 0 Å². The van der Waals surface area contributed by atoms with Crippen molar-refractivity contribution in [2.24, 2.45) is 0 Å². The molecule has 2 aliphatic rings. The lowest BCUT2D eigenvalue weighted by Crippen LogP contribution is -2.49. The third-order valence-electron chi connectivity index (χ3n) is 7.24. The quantitative estimate of drug-likeness (QED) is 0.427. The van der Waals surface area contributed by atoms with Gasteiger partial charge >= 0.3 is 12.1 Å². The highest BCUT2D eigenvalue weighted by atomic mass is 32.2. The number of nitrogens with one attached hydrogen (secondary N) is 2. The Morgan fingerprint density at radius 3 is 2.16 bits per heavy atom. The summed E-state index contributed by atoms with van der Waals surface area (Å²) in [6.07, 6.45) is -0.932. The third-order valence-corrected chi connectivity index (χ3v) is 9.15. The van der Waals surface area contributed by atoms with Gasteiger partial charge in [0.25, 0.3) is 0 Å². The zero-order valence-corrected chi connectivity index (χ0v) is 24.6. The average Bonchev–Trinajstić information content (AvgIpc) is 3.22. The molecular formula is C29H36F3N5O5S. The van der Waals surface area contributed by atoms with E-state index < -0.39 is 28.2 Å². The van der Waals surface area contributed by atoms with Crippen LogP contribution in [-0.2, 0) is 26.0 Å². The summed E-state index contributed by atoms with van der Waals surface area (Å²) in [5.74, 6) is -2.87. The zero-order valence-electron chi connectivity index (χ0n) is 23.8. The second kappa shape index (κ2) is 15.3. The van der Waals surface area contributed by atoms with Crippen LogP contribution in [0.1, 0.15) is 31.2 Å². The third kappa shape index (κ3) is 10.0. The second-order valence-corrected chi connectivity index (χ2v) is 12.4. The fourth-order valence-corrected chi connectivity index (χ4v) is 6.25. The summed E-state index contributed by atoms with van der Waals surface area (Å²) in [7, 11) is -1.50. The van der Waals surface area contributed by atoms with Gasteiger partial charge in [0.1, 0.15) is 6.04 Å². The maximum absolute atomic E-state index is 13.1. The van der Waals surface area contributed by atoms with E-state index in [0.29, 0.717) is 24.4 Å². The van der Waals surface area contributed by atoms with Crippen LogP contribution in [0.4, 0.5) is 13.2 Å². The minimum Gasteiger partial charge on any atom is -0.475 e. The summed E-state index contributed by atoms with van der Waals surface area (Å²) in [5.41, 5.74) is 2.83. The molecule has 2 aromatic carbocycles. The van der Waals surface area contributed by atoms with Crippen molar-refractivity contribution < 1.29 is 36.3 Å². The highest BCUT2D eigenvalue weighted by molar-refractivity contribution is 7.89. The first-order valence-electron chi connectivity index (χ1n) is 13.9. The number of hydrogen-bond donors (Lipinski definition) is 3. The van der Waals surface area contributed by atoms with Gasteiger partial charge in [0.05, 0.1) is 17.0 Å². The molecule has 14 heteroatoms. The highest BCUT2D eigenvalue weighted by Gasteiger charge is 2.38. The number of piperidine rings is 1. The molecule has 0 bridgehead atoms. The van der Waals surface area contributed by atoms with Crippen molar-refractivity contribution in [3.63, 3.8) is 0 Å². The summed E-state index contributed by atoms with van der Waals surface area (Å²) in [4.78, 5) is 23.8. The number of halogens is 3. The SMILES string of the molecule is CN1CCCN(S(=O)(=O)c2ccc(-c3ccc(CC(C#N)NC(=O)[C@@H]4CCCCN4)cc3)cc2)CC1.O=C(O)C(F)(F)F. The molecule has 0 spiro atoms. The molecule has 4 rings (SSSR count). The van der Waals surface area contributed by atoms with Gasteiger partial charge in [-0.25, -0.2) is 13.2 Å². The Kier molecular flexibility index (Phi) is 12.1. The summed E-state index contributed by atoms with van der Waals surface area (Å²) in [6, 6.07) is 16.2. The number of carbonyl (C=O) groups excluding carboxylic acids is 1. The van der Waals surface area contributed by atoms with Gasteiger partial charge in [-0.05, 0) is 68.2 Å². The first-order valence-corrected chi connectivity index (χ1v) is 15.4. The summed E-state index contributed by atoms with van der Waals surface area (Å²) >= 11 is 0. The molecule has 2 heterocycles. The van der Waals surface area contributed by atoms with Gasteiger partial charge in [0.15, 0.2) is 0 Å². The molecule has 1 amide bonds. The van der Waals surface area contributed by atoms with E-state index in [1.54, 1.807) is 16.4 Å². The number of benzene rings is 2. The van der Waals surface area contributed by atoms with Crippen LogP contribution in [0.25, 0.3) is 11.1 Å². The van der Waals surface area contributed by atoms with Gasteiger partial charge in [-0.15, -0.1) is 0 Å². The van der Waals surface area contributed by atoms with E-state index in [2.05, 4.69) is 21.6 Å². The molecule has 0 saturated carbocycles. The standard InChI is InChI=1S/C27H35N5O3S.C2HF3O2/c1-31-15-4-16-32(18-17-31)36(34,35)25-12-10-23(11-13-25)22-8-6-21(7-9-22)19-24(20-28)30-27(33)26-5-2-3-14-29-26;3-2(4,5)1(6)7/h6-13,24,26,29H,2-5,14-19H2,1H3,(H,30,33);(H,6,7)/t24?,26-;/m0./s1. The van der Waals surface area contributed by atoms with E-state index in [4.69, 9.17) is 9.90 Å². The fourth-order valence-electron chi connectivity index (χ4n) is 4.78. The average molecular weight is 624 g/mol. The van der Waals surface area contributed by atoms with E-state index >= 15 is 0 Å². The first kappa shape index (κ1) is 34.0. The molecule has 234 valence electrons. The van der Waals surface area contributed by atoms with Gasteiger partial charge in [-0.2, -0.15) is 22.7 Å². The molecule has 2 saturated heterocycles. The number of alkyl halides is 3. The van der Waals surface area contributed by atoms with Gasteiger partial charge in [0, 0.05) is 26.1 Å². The summed E-state index contributed by atoms with van der Waals surface area (Å²) in [5, 5.41) is 22.7. The number of sulfonamides is 1. The fraction of sp³-hybridized carbons (Fsp3) is 0.483. The molecule has 2 atom stereocenters. The monoisotopic (exact) mass is 623 g/mol. The van der Waals surface area contributed by atoms with Crippen LogP contribution >= 0.6 is 0 Å². The molecule has 2 aliphatic heterocycles.